The Bertz CT molecular complexity index is 289. The fourth-order valence-corrected chi connectivity index (χ4v) is 3.00. The van der Waals surface area contributed by atoms with Crippen molar-refractivity contribution in [3.63, 3.8) is 0 Å². The molecule has 0 N–H and O–H groups in total. The lowest BCUT2D eigenvalue weighted by Crippen LogP contribution is -2.46. The summed E-state index contributed by atoms with van der Waals surface area (Å²) in [4.78, 5) is 13.8. The van der Waals surface area contributed by atoms with Crippen molar-refractivity contribution in [2.24, 2.45) is 0 Å². The van der Waals surface area contributed by atoms with Crippen LogP contribution in [0.3, 0.4) is 0 Å². The van der Waals surface area contributed by atoms with E-state index in [2.05, 4.69) is 27.4 Å². The van der Waals surface area contributed by atoms with Crippen molar-refractivity contribution in [3.05, 3.63) is 12.7 Å². The van der Waals surface area contributed by atoms with Crippen LogP contribution in [0.5, 0.6) is 0 Å². The van der Waals surface area contributed by atoms with Gasteiger partial charge >= 0.3 is 0 Å². The van der Waals surface area contributed by atoms with Crippen molar-refractivity contribution in [3.8, 4) is 0 Å². The molecule has 0 heterocycles. The van der Waals surface area contributed by atoms with E-state index in [9.17, 15) is 4.79 Å². The van der Waals surface area contributed by atoms with E-state index in [4.69, 9.17) is 0 Å². The van der Waals surface area contributed by atoms with Crippen LogP contribution >= 0.6 is 12.4 Å². The van der Waals surface area contributed by atoms with E-state index in [0.717, 1.165) is 13.0 Å². The molecule has 132 valence electrons. The Morgan fingerprint density at radius 1 is 0.955 bits per heavy atom. The van der Waals surface area contributed by atoms with Crippen LogP contribution < -0.4 is 0 Å². The van der Waals surface area contributed by atoms with Gasteiger partial charge in [0.1, 0.15) is 0 Å². The zero-order valence-corrected chi connectivity index (χ0v) is 16.1. The van der Waals surface area contributed by atoms with Gasteiger partial charge in [-0.15, -0.1) is 12.4 Å². The standard InChI is InChI=1S/C19H37NO.ClH/c1-6-9-10-11-12-13-14-15-16-17-19(4,5)20(8-3)18(21)7-2;/h7H,2,6,8-17H2,1,3-5H3;1H. The topological polar surface area (TPSA) is 20.3 Å². The molecule has 0 rings (SSSR count). The quantitative estimate of drug-likeness (QED) is 0.293. The van der Waals surface area contributed by atoms with Gasteiger partial charge in [0.2, 0.25) is 5.91 Å². The van der Waals surface area contributed by atoms with Crippen LogP contribution in [0.15, 0.2) is 12.7 Å². The maximum atomic E-state index is 11.9. The van der Waals surface area contributed by atoms with Crippen LogP contribution in [0.25, 0.3) is 0 Å². The van der Waals surface area contributed by atoms with Crippen molar-refractivity contribution >= 4 is 18.3 Å². The first-order chi connectivity index (χ1) is 9.99. The second-order valence-corrected chi connectivity index (χ2v) is 6.68. The Balaban J connectivity index is 0. The van der Waals surface area contributed by atoms with Gasteiger partial charge in [0.25, 0.3) is 0 Å². The van der Waals surface area contributed by atoms with Gasteiger partial charge in [-0.1, -0.05) is 71.3 Å². The van der Waals surface area contributed by atoms with Crippen LogP contribution in [0, 0.1) is 0 Å². The highest BCUT2D eigenvalue weighted by molar-refractivity contribution is 5.87. The van der Waals surface area contributed by atoms with E-state index in [1.165, 1.54) is 63.9 Å². The molecule has 0 aliphatic carbocycles. The molecule has 1 amide bonds. The molecule has 0 aliphatic rings. The monoisotopic (exact) mass is 331 g/mol. The van der Waals surface area contributed by atoms with Gasteiger partial charge in [-0.05, 0) is 33.3 Å². The van der Waals surface area contributed by atoms with Gasteiger partial charge in [0.15, 0.2) is 0 Å². The number of nitrogens with zero attached hydrogens (tertiary/aromatic N) is 1. The Labute approximate surface area is 145 Å². The number of hydrogen-bond acceptors (Lipinski definition) is 1. The van der Waals surface area contributed by atoms with E-state index in [0.29, 0.717) is 0 Å². The van der Waals surface area contributed by atoms with Gasteiger partial charge in [-0.3, -0.25) is 4.79 Å². The highest BCUT2D eigenvalue weighted by Gasteiger charge is 2.27. The molecule has 0 aromatic carbocycles. The molecule has 0 atom stereocenters. The summed E-state index contributed by atoms with van der Waals surface area (Å²) in [6.07, 6.45) is 14.6. The summed E-state index contributed by atoms with van der Waals surface area (Å²) in [6, 6.07) is 0. The first-order valence-electron chi connectivity index (χ1n) is 8.93. The van der Waals surface area contributed by atoms with E-state index in [1.54, 1.807) is 0 Å². The number of unbranched alkanes of at least 4 members (excludes halogenated alkanes) is 8. The SMILES string of the molecule is C=CC(=O)N(CC)C(C)(C)CCCCCCCCCCC.Cl. The van der Waals surface area contributed by atoms with Gasteiger partial charge in [-0.25, -0.2) is 0 Å². The molecule has 0 fully saturated rings. The zero-order valence-electron chi connectivity index (χ0n) is 15.3. The van der Waals surface area contributed by atoms with E-state index in [1.807, 2.05) is 11.8 Å². The van der Waals surface area contributed by atoms with E-state index >= 15 is 0 Å². The first-order valence-corrected chi connectivity index (χ1v) is 8.93. The maximum Gasteiger partial charge on any atom is 0.246 e. The van der Waals surface area contributed by atoms with Gasteiger partial charge in [0.05, 0.1) is 0 Å². The number of rotatable bonds is 13. The Hall–Kier alpha value is -0.500. The highest BCUT2D eigenvalue weighted by Crippen LogP contribution is 2.23. The van der Waals surface area contributed by atoms with Crippen molar-refractivity contribution in [1.29, 1.82) is 0 Å². The Morgan fingerprint density at radius 3 is 1.82 bits per heavy atom. The molecule has 0 aromatic rings. The lowest BCUT2D eigenvalue weighted by atomic mass is 9.93. The number of hydrogen-bond donors (Lipinski definition) is 0. The fourth-order valence-electron chi connectivity index (χ4n) is 3.00. The third kappa shape index (κ3) is 10.3. The van der Waals surface area contributed by atoms with E-state index in [-0.39, 0.29) is 23.9 Å². The zero-order chi connectivity index (χ0) is 16.1. The second kappa shape index (κ2) is 14.1. The van der Waals surface area contributed by atoms with Gasteiger partial charge < -0.3 is 4.90 Å². The van der Waals surface area contributed by atoms with Crippen molar-refractivity contribution in [1.82, 2.24) is 4.90 Å². The molecule has 0 radical (unpaired) electrons. The third-order valence-electron chi connectivity index (χ3n) is 4.38. The number of amides is 1. The van der Waals surface area contributed by atoms with Gasteiger partial charge in [0, 0.05) is 12.1 Å². The molecular weight excluding hydrogens is 294 g/mol. The molecule has 0 saturated carbocycles. The lowest BCUT2D eigenvalue weighted by molar-refractivity contribution is -0.131. The summed E-state index contributed by atoms with van der Waals surface area (Å²) in [6.45, 7) is 13.0. The summed E-state index contributed by atoms with van der Waals surface area (Å²) >= 11 is 0. The Morgan fingerprint density at radius 2 is 1.41 bits per heavy atom. The molecule has 0 aliphatic heterocycles. The highest BCUT2D eigenvalue weighted by atomic mass is 35.5. The predicted octanol–water partition coefficient (Wildman–Crippen LogP) is 6.14. The smallest absolute Gasteiger partial charge is 0.246 e. The van der Waals surface area contributed by atoms with Crippen LogP contribution in [0.4, 0.5) is 0 Å². The number of carbonyl (C=O) groups excluding carboxylic acids is 1. The molecule has 0 unspecified atom stereocenters. The summed E-state index contributed by atoms with van der Waals surface area (Å²) in [5.41, 5.74) is -0.0544. The number of halogens is 1. The van der Waals surface area contributed by atoms with Crippen molar-refractivity contribution in [2.45, 2.75) is 97.4 Å². The minimum absolute atomic E-state index is 0. The average Bonchev–Trinajstić information content (AvgIpc) is 2.45. The molecule has 0 spiro atoms. The van der Waals surface area contributed by atoms with E-state index < -0.39 is 0 Å². The third-order valence-corrected chi connectivity index (χ3v) is 4.38. The number of carbonyl (C=O) groups is 1. The molecule has 0 saturated heterocycles. The molecular formula is C19H38ClNO. The second-order valence-electron chi connectivity index (χ2n) is 6.68. The minimum Gasteiger partial charge on any atom is -0.334 e. The summed E-state index contributed by atoms with van der Waals surface area (Å²) in [7, 11) is 0. The molecule has 22 heavy (non-hydrogen) atoms. The van der Waals surface area contributed by atoms with Crippen molar-refractivity contribution < 1.29 is 4.79 Å². The number of likely N-dealkylation sites (N-methyl/N-ethyl adjacent to an activating group) is 1. The first kappa shape index (κ1) is 23.8. The van der Waals surface area contributed by atoms with Crippen LogP contribution in [0.2, 0.25) is 0 Å². The van der Waals surface area contributed by atoms with Crippen molar-refractivity contribution in [2.75, 3.05) is 6.54 Å². The summed E-state index contributed by atoms with van der Waals surface area (Å²) in [5, 5.41) is 0. The van der Waals surface area contributed by atoms with Crippen LogP contribution in [-0.4, -0.2) is 22.9 Å². The fraction of sp³-hybridized carbons (Fsp3) is 0.842. The normalized spacial score (nSPS) is 10.9. The maximum absolute atomic E-state index is 11.9. The molecule has 0 aromatic heterocycles. The summed E-state index contributed by atoms with van der Waals surface area (Å²) < 4.78 is 0. The minimum atomic E-state index is -0.0544. The average molecular weight is 332 g/mol. The molecule has 2 nitrogen and oxygen atoms in total. The predicted molar refractivity (Wildman–Crippen MR) is 101 cm³/mol. The van der Waals surface area contributed by atoms with Gasteiger partial charge in [-0.2, -0.15) is 0 Å². The largest absolute Gasteiger partial charge is 0.334 e. The van der Waals surface area contributed by atoms with Crippen LogP contribution in [0.1, 0.15) is 91.9 Å². The molecule has 3 heteroatoms. The summed E-state index contributed by atoms with van der Waals surface area (Å²) in [5.74, 6) is 0.0541. The van der Waals surface area contributed by atoms with Crippen LogP contribution in [-0.2, 0) is 4.79 Å². The molecule has 0 bridgehead atoms. The lowest BCUT2D eigenvalue weighted by Gasteiger charge is -2.37. The Kier molecular flexibility index (Phi) is 15.2.